The van der Waals surface area contributed by atoms with Crippen LogP contribution in [-0.4, -0.2) is 41.7 Å². The van der Waals surface area contributed by atoms with E-state index in [1.807, 2.05) is 18.2 Å². The van der Waals surface area contributed by atoms with Gasteiger partial charge in [0.05, 0.1) is 11.1 Å². The molecule has 1 aliphatic carbocycles. The highest BCUT2D eigenvalue weighted by atomic mass is 19.4. The number of rotatable bonds is 7. The van der Waals surface area contributed by atoms with E-state index < -0.39 is 11.7 Å². The lowest BCUT2D eigenvalue weighted by atomic mass is 9.72. The molecule has 2 atom stereocenters. The highest BCUT2D eigenvalue weighted by Gasteiger charge is 2.36. The van der Waals surface area contributed by atoms with Crippen LogP contribution in [0.2, 0.25) is 0 Å². The Morgan fingerprint density at radius 3 is 2.56 bits per heavy atom. The van der Waals surface area contributed by atoms with Crippen molar-refractivity contribution in [3.63, 3.8) is 0 Å². The summed E-state index contributed by atoms with van der Waals surface area (Å²) in [4.78, 5) is 2.22. The Labute approximate surface area is 238 Å². The van der Waals surface area contributed by atoms with E-state index >= 15 is 0 Å². The molecule has 2 fully saturated rings. The third kappa shape index (κ3) is 5.34. The number of nitrogens with zero attached hydrogens (tertiary/aromatic N) is 6. The maximum Gasteiger partial charge on any atom is 0.418 e. The van der Waals surface area contributed by atoms with Crippen LogP contribution in [0.3, 0.4) is 0 Å². The van der Waals surface area contributed by atoms with Crippen molar-refractivity contribution in [3.05, 3.63) is 77.2 Å². The number of aromatic nitrogens is 5. The van der Waals surface area contributed by atoms with E-state index in [0.29, 0.717) is 29.6 Å². The summed E-state index contributed by atoms with van der Waals surface area (Å²) < 4.78 is 48.1. The zero-order valence-electron chi connectivity index (χ0n) is 23.9. The van der Waals surface area contributed by atoms with Crippen molar-refractivity contribution in [2.45, 2.75) is 77.6 Å². The van der Waals surface area contributed by atoms with Crippen LogP contribution in [0.4, 0.5) is 13.2 Å². The fraction of sp³-hybridized carbons (Fsp3) is 0.516. The Morgan fingerprint density at radius 2 is 1.88 bits per heavy atom. The van der Waals surface area contributed by atoms with E-state index in [2.05, 4.69) is 46.5 Å². The Bertz CT molecular complexity index is 1590. The molecule has 218 valence electrons. The maximum absolute atomic E-state index is 14.3. The molecule has 0 bridgehead atoms. The van der Waals surface area contributed by atoms with Crippen LogP contribution >= 0.6 is 0 Å². The first kappa shape index (κ1) is 27.8. The lowest BCUT2D eigenvalue weighted by Crippen LogP contribution is -2.34. The lowest BCUT2D eigenvalue weighted by molar-refractivity contribution is -0.136. The van der Waals surface area contributed by atoms with Gasteiger partial charge >= 0.3 is 6.18 Å². The van der Waals surface area contributed by atoms with Gasteiger partial charge in [-0.2, -0.15) is 13.2 Å². The van der Waals surface area contributed by atoms with Gasteiger partial charge in [-0.3, -0.25) is 19.3 Å². The normalized spacial score (nSPS) is 19.6. The second kappa shape index (κ2) is 10.8. The Kier molecular flexibility index (Phi) is 7.30. The second-order valence-electron chi connectivity index (χ2n) is 12.3. The summed E-state index contributed by atoms with van der Waals surface area (Å²) in [6.07, 6.45) is 5.96. The number of likely N-dealkylation sites (tertiary alicyclic amines) is 1. The van der Waals surface area contributed by atoms with Crippen molar-refractivity contribution in [3.8, 4) is 5.69 Å². The van der Waals surface area contributed by atoms with Crippen molar-refractivity contribution >= 4 is 5.52 Å². The van der Waals surface area contributed by atoms with E-state index in [-0.39, 0.29) is 23.1 Å². The third-order valence-corrected chi connectivity index (χ3v) is 8.88. The topological polar surface area (TPSA) is 67.1 Å². The Balaban J connectivity index is 1.42. The lowest BCUT2D eigenvalue weighted by Gasteiger charge is -2.34. The first-order valence-electron chi connectivity index (χ1n) is 14.7. The summed E-state index contributed by atoms with van der Waals surface area (Å²) in [6.45, 7) is 8.59. The van der Waals surface area contributed by atoms with E-state index in [4.69, 9.17) is 5.41 Å². The minimum absolute atomic E-state index is 0.0120. The van der Waals surface area contributed by atoms with Crippen LogP contribution in [0.25, 0.3) is 11.2 Å². The predicted molar refractivity (Wildman–Crippen MR) is 151 cm³/mol. The molecule has 3 aromatic heterocycles. The Hall–Kier alpha value is -3.40. The van der Waals surface area contributed by atoms with Crippen molar-refractivity contribution in [2.75, 3.05) is 13.1 Å². The van der Waals surface area contributed by atoms with Gasteiger partial charge in [0.25, 0.3) is 0 Å². The molecule has 1 saturated heterocycles. The third-order valence-electron chi connectivity index (χ3n) is 8.88. The fourth-order valence-electron chi connectivity index (χ4n) is 6.61. The average molecular weight is 566 g/mol. The molecule has 4 aromatic rings. The number of piperidine rings is 1. The van der Waals surface area contributed by atoms with E-state index in [0.717, 1.165) is 50.2 Å². The van der Waals surface area contributed by atoms with Crippen molar-refractivity contribution in [2.24, 2.45) is 11.8 Å². The van der Waals surface area contributed by atoms with Gasteiger partial charge in [-0.05, 0) is 87.2 Å². The summed E-state index contributed by atoms with van der Waals surface area (Å²) in [5.41, 5.74) is 1.54. The largest absolute Gasteiger partial charge is 0.418 e. The number of alkyl halides is 3. The predicted octanol–water partition coefficient (Wildman–Crippen LogP) is 6.56. The van der Waals surface area contributed by atoms with Gasteiger partial charge in [0.15, 0.2) is 0 Å². The standard InChI is InChI=1S/C31H38F3N7/c1-20(2)41-19-36-37-29(41)28(23-8-4-9-23)24-10-5-11-25(14-24)39-18-27-26(31(32,33)34)13-22(17-40(27)30(39)35)16-38-12-6-7-21(3)15-38/h5,10-11,13-14,17-21,23,28,35H,4,6-9,12,15-16H2,1-3H3/t21-,28+/m0/s1. The average Bonchev–Trinajstić information content (AvgIpc) is 3.50. The van der Waals surface area contributed by atoms with Crippen molar-refractivity contribution in [1.29, 1.82) is 5.41 Å². The quantitative estimate of drug-likeness (QED) is 0.276. The highest BCUT2D eigenvalue weighted by molar-refractivity contribution is 5.58. The summed E-state index contributed by atoms with van der Waals surface area (Å²) in [6, 6.07) is 9.32. The molecule has 0 unspecified atom stereocenters. The van der Waals surface area contributed by atoms with E-state index in [1.54, 1.807) is 17.1 Å². The molecule has 0 spiro atoms. The monoisotopic (exact) mass is 565 g/mol. The summed E-state index contributed by atoms with van der Waals surface area (Å²) in [7, 11) is 0. The first-order chi connectivity index (χ1) is 19.6. The highest BCUT2D eigenvalue weighted by Crippen LogP contribution is 2.43. The number of hydrogen-bond acceptors (Lipinski definition) is 4. The Morgan fingerprint density at radius 1 is 1.07 bits per heavy atom. The van der Waals surface area contributed by atoms with Crippen molar-refractivity contribution < 1.29 is 13.2 Å². The number of hydrogen-bond donors (Lipinski definition) is 1. The van der Waals surface area contributed by atoms with Gasteiger partial charge in [0, 0.05) is 43.1 Å². The van der Waals surface area contributed by atoms with Gasteiger partial charge < -0.3 is 4.57 Å². The molecule has 1 aromatic carbocycles. The molecule has 6 rings (SSSR count). The molecule has 4 heterocycles. The van der Waals surface area contributed by atoms with Gasteiger partial charge in [0.1, 0.15) is 12.2 Å². The number of imidazole rings is 1. The van der Waals surface area contributed by atoms with Crippen LogP contribution < -0.4 is 5.62 Å². The van der Waals surface area contributed by atoms with Crippen LogP contribution in [0.1, 0.15) is 87.3 Å². The minimum Gasteiger partial charge on any atom is -0.315 e. The van der Waals surface area contributed by atoms with Gasteiger partial charge in [-0.25, -0.2) is 0 Å². The molecule has 1 N–H and O–H groups in total. The maximum atomic E-state index is 14.3. The van der Waals surface area contributed by atoms with E-state index in [1.165, 1.54) is 23.1 Å². The van der Waals surface area contributed by atoms with Crippen LogP contribution in [0.5, 0.6) is 0 Å². The molecule has 0 radical (unpaired) electrons. The second-order valence-corrected chi connectivity index (χ2v) is 12.3. The number of benzene rings is 1. The molecule has 7 nitrogen and oxygen atoms in total. The molecule has 41 heavy (non-hydrogen) atoms. The van der Waals surface area contributed by atoms with Crippen LogP contribution in [0, 0.1) is 17.2 Å². The summed E-state index contributed by atoms with van der Waals surface area (Å²) >= 11 is 0. The number of halogens is 3. The number of fused-ring (bicyclic) bond motifs is 1. The molecular weight excluding hydrogens is 527 g/mol. The molecule has 1 aliphatic heterocycles. The number of pyridine rings is 1. The molecule has 1 saturated carbocycles. The van der Waals surface area contributed by atoms with Crippen LogP contribution in [0.15, 0.2) is 49.1 Å². The first-order valence-corrected chi connectivity index (χ1v) is 14.7. The molecular formula is C31H38F3N7. The van der Waals surface area contributed by atoms with Gasteiger partial charge in [-0.1, -0.05) is 25.5 Å². The number of nitrogens with one attached hydrogen (secondary N) is 1. The van der Waals surface area contributed by atoms with Crippen LogP contribution in [-0.2, 0) is 12.7 Å². The summed E-state index contributed by atoms with van der Waals surface area (Å²) in [5, 5.41) is 17.7. The molecule has 2 aliphatic rings. The fourth-order valence-corrected chi connectivity index (χ4v) is 6.61. The zero-order chi connectivity index (χ0) is 28.9. The van der Waals surface area contributed by atoms with Crippen molar-refractivity contribution in [1.82, 2.24) is 28.6 Å². The SMILES string of the molecule is CC(C)n1cnnc1[C@@H](c1cccc(-n2cc3c(C(F)(F)F)cc(CN4CCC[C@H](C)C4)cn3c2=N)c1)C1CCC1. The van der Waals surface area contributed by atoms with Gasteiger partial charge in [-0.15, -0.1) is 10.2 Å². The molecule has 0 amide bonds. The summed E-state index contributed by atoms with van der Waals surface area (Å²) in [5.74, 6) is 1.90. The smallest absolute Gasteiger partial charge is 0.315 e. The minimum atomic E-state index is -4.53. The van der Waals surface area contributed by atoms with Gasteiger partial charge in [0.2, 0.25) is 5.62 Å². The molecule has 10 heteroatoms. The van der Waals surface area contributed by atoms with E-state index in [9.17, 15) is 13.2 Å². The zero-order valence-corrected chi connectivity index (χ0v) is 23.9.